The fraction of sp³-hybridized carbons (Fsp3) is 0.600. The molecule has 0 radical (unpaired) electrons. The Labute approximate surface area is 79.6 Å². The maximum atomic E-state index is 4.37. The van der Waals surface area contributed by atoms with Crippen molar-refractivity contribution in [3.63, 3.8) is 0 Å². The van der Waals surface area contributed by atoms with Crippen LogP contribution in [0.1, 0.15) is 31.8 Å². The summed E-state index contributed by atoms with van der Waals surface area (Å²) in [4.78, 5) is 8.68. The molecule has 0 saturated carbocycles. The minimum atomic E-state index is 0.891. The molecule has 0 saturated heterocycles. The Morgan fingerprint density at radius 3 is 2.69 bits per heavy atom. The van der Waals surface area contributed by atoms with Crippen LogP contribution in [-0.4, -0.2) is 16.5 Å². The smallest absolute Gasteiger partial charge is 0.130 e. The van der Waals surface area contributed by atoms with Crippen molar-refractivity contribution < 1.29 is 0 Å². The van der Waals surface area contributed by atoms with Crippen LogP contribution in [0, 0.1) is 6.92 Å². The number of nitrogens with zero attached hydrogens (tertiary/aromatic N) is 2. The molecule has 3 heteroatoms. The largest absolute Gasteiger partial charge is 0.370 e. The lowest BCUT2D eigenvalue weighted by molar-refractivity contribution is 0.901. The summed E-state index contributed by atoms with van der Waals surface area (Å²) in [5, 5.41) is 3.26. The highest BCUT2D eigenvalue weighted by Crippen LogP contribution is 2.06. The highest BCUT2D eigenvalue weighted by Gasteiger charge is 1.98. The fourth-order valence-electron chi connectivity index (χ4n) is 1.13. The molecular weight excluding hydrogens is 162 g/mol. The van der Waals surface area contributed by atoms with Gasteiger partial charge >= 0.3 is 0 Å². The van der Waals surface area contributed by atoms with Crippen LogP contribution in [-0.2, 0) is 6.42 Å². The first-order chi connectivity index (χ1) is 6.26. The zero-order chi connectivity index (χ0) is 9.68. The first kappa shape index (κ1) is 9.96. The lowest BCUT2D eigenvalue weighted by Crippen LogP contribution is -2.05. The maximum Gasteiger partial charge on any atom is 0.130 e. The van der Waals surface area contributed by atoms with Crippen LogP contribution >= 0.6 is 0 Å². The molecule has 0 bridgehead atoms. The Bertz CT molecular complexity index is 271. The predicted octanol–water partition coefficient (Wildman–Crippen LogP) is 2.17. The van der Waals surface area contributed by atoms with Gasteiger partial charge in [0.25, 0.3) is 0 Å². The summed E-state index contributed by atoms with van der Waals surface area (Å²) in [6, 6.07) is 1.98. The first-order valence-electron chi connectivity index (χ1n) is 4.84. The molecule has 0 fully saturated rings. The Kier molecular flexibility index (Phi) is 3.68. The van der Waals surface area contributed by atoms with Crippen molar-refractivity contribution in [3.05, 3.63) is 17.6 Å². The molecule has 72 valence electrons. The molecule has 13 heavy (non-hydrogen) atoms. The van der Waals surface area contributed by atoms with Crippen LogP contribution in [0.25, 0.3) is 0 Å². The van der Waals surface area contributed by atoms with Gasteiger partial charge in [0.15, 0.2) is 0 Å². The number of nitrogens with one attached hydrogen (secondary N) is 1. The van der Waals surface area contributed by atoms with Crippen LogP contribution in [0.5, 0.6) is 0 Å². The van der Waals surface area contributed by atoms with E-state index in [2.05, 4.69) is 29.1 Å². The van der Waals surface area contributed by atoms with Crippen molar-refractivity contribution in [2.24, 2.45) is 0 Å². The average molecular weight is 179 g/mol. The summed E-state index contributed by atoms with van der Waals surface area (Å²) in [6.07, 6.45) is 2.01. The van der Waals surface area contributed by atoms with Gasteiger partial charge in [-0.05, 0) is 13.3 Å². The maximum absolute atomic E-state index is 4.37. The van der Waals surface area contributed by atoms with Crippen LogP contribution in [0.2, 0.25) is 0 Å². The molecule has 0 aliphatic heterocycles. The molecule has 0 aliphatic rings. The summed E-state index contributed by atoms with van der Waals surface area (Å²) >= 11 is 0. The van der Waals surface area contributed by atoms with Crippen molar-refractivity contribution in [2.45, 2.75) is 33.6 Å². The second kappa shape index (κ2) is 4.80. The van der Waals surface area contributed by atoms with Crippen molar-refractivity contribution >= 4 is 5.82 Å². The molecule has 0 atom stereocenters. The van der Waals surface area contributed by atoms with E-state index in [0.29, 0.717) is 0 Å². The van der Waals surface area contributed by atoms with Crippen molar-refractivity contribution in [1.82, 2.24) is 9.97 Å². The van der Waals surface area contributed by atoms with Gasteiger partial charge in [-0.25, -0.2) is 9.97 Å². The first-order valence-corrected chi connectivity index (χ1v) is 4.84. The molecule has 1 rings (SSSR count). The van der Waals surface area contributed by atoms with Gasteiger partial charge in [-0.1, -0.05) is 13.8 Å². The fourth-order valence-corrected chi connectivity index (χ4v) is 1.13. The number of anilines is 1. The molecule has 0 aliphatic carbocycles. The SMILES string of the molecule is CCCNc1cc(C)nc(CC)n1. The third kappa shape index (κ3) is 3.01. The molecule has 0 aromatic carbocycles. The van der Waals surface area contributed by atoms with Gasteiger partial charge in [0, 0.05) is 24.7 Å². The lowest BCUT2D eigenvalue weighted by atomic mass is 10.3. The van der Waals surface area contributed by atoms with Crippen LogP contribution in [0.15, 0.2) is 6.07 Å². The average Bonchev–Trinajstić information content (AvgIpc) is 2.14. The Morgan fingerprint density at radius 2 is 2.08 bits per heavy atom. The lowest BCUT2D eigenvalue weighted by Gasteiger charge is -2.05. The number of hydrogen-bond donors (Lipinski definition) is 1. The van der Waals surface area contributed by atoms with Crippen LogP contribution in [0.4, 0.5) is 5.82 Å². The van der Waals surface area contributed by atoms with Gasteiger partial charge in [-0.3, -0.25) is 0 Å². The topological polar surface area (TPSA) is 37.8 Å². The van der Waals surface area contributed by atoms with E-state index < -0.39 is 0 Å². The molecule has 1 aromatic heterocycles. The number of aryl methyl sites for hydroxylation is 2. The molecule has 1 N–H and O–H groups in total. The van der Waals surface area contributed by atoms with E-state index in [9.17, 15) is 0 Å². The Morgan fingerprint density at radius 1 is 1.31 bits per heavy atom. The molecular formula is C10H17N3. The van der Waals surface area contributed by atoms with E-state index >= 15 is 0 Å². The van der Waals surface area contributed by atoms with Crippen LogP contribution in [0.3, 0.4) is 0 Å². The predicted molar refractivity (Wildman–Crippen MR) is 54.9 cm³/mol. The van der Waals surface area contributed by atoms with Gasteiger partial charge in [0.05, 0.1) is 0 Å². The summed E-state index contributed by atoms with van der Waals surface area (Å²) in [5.74, 6) is 1.87. The summed E-state index contributed by atoms with van der Waals surface area (Å²) < 4.78 is 0. The third-order valence-electron chi connectivity index (χ3n) is 1.77. The highest BCUT2D eigenvalue weighted by molar-refractivity contribution is 5.35. The summed E-state index contributed by atoms with van der Waals surface area (Å²) in [6.45, 7) is 7.18. The van der Waals surface area contributed by atoms with Crippen molar-refractivity contribution in [3.8, 4) is 0 Å². The van der Waals surface area contributed by atoms with E-state index in [1.807, 2.05) is 13.0 Å². The van der Waals surface area contributed by atoms with E-state index in [4.69, 9.17) is 0 Å². The number of aromatic nitrogens is 2. The van der Waals surface area contributed by atoms with E-state index in [1.54, 1.807) is 0 Å². The van der Waals surface area contributed by atoms with E-state index in [1.165, 1.54) is 0 Å². The molecule has 1 aromatic rings. The van der Waals surface area contributed by atoms with Gasteiger partial charge in [0.2, 0.25) is 0 Å². The van der Waals surface area contributed by atoms with Gasteiger partial charge in [0.1, 0.15) is 11.6 Å². The monoisotopic (exact) mass is 179 g/mol. The molecule has 3 nitrogen and oxygen atoms in total. The highest BCUT2D eigenvalue weighted by atomic mass is 15.0. The molecule has 0 unspecified atom stereocenters. The zero-order valence-electron chi connectivity index (χ0n) is 8.59. The van der Waals surface area contributed by atoms with Gasteiger partial charge in [-0.2, -0.15) is 0 Å². The minimum Gasteiger partial charge on any atom is -0.370 e. The van der Waals surface area contributed by atoms with Gasteiger partial charge < -0.3 is 5.32 Å². The third-order valence-corrected chi connectivity index (χ3v) is 1.77. The minimum absolute atomic E-state index is 0.891. The standard InChI is InChI=1S/C10H17N3/c1-4-6-11-10-7-8(3)12-9(5-2)13-10/h7H,4-6H2,1-3H3,(H,11,12,13). The number of rotatable bonds is 4. The van der Waals surface area contributed by atoms with E-state index in [-0.39, 0.29) is 0 Å². The van der Waals surface area contributed by atoms with Crippen LogP contribution < -0.4 is 5.32 Å². The summed E-state index contributed by atoms with van der Waals surface area (Å²) in [5.41, 5.74) is 1.03. The normalized spacial score (nSPS) is 10.1. The van der Waals surface area contributed by atoms with Gasteiger partial charge in [-0.15, -0.1) is 0 Å². The second-order valence-corrected chi connectivity index (χ2v) is 3.09. The molecule has 0 spiro atoms. The quantitative estimate of drug-likeness (QED) is 0.769. The van der Waals surface area contributed by atoms with E-state index in [0.717, 1.165) is 36.7 Å². The molecule has 1 heterocycles. The Hall–Kier alpha value is -1.12. The number of hydrogen-bond acceptors (Lipinski definition) is 3. The molecule has 0 amide bonds. The Balaban J connectivity index is 2.76. The zero-order valence-corrected chi connectivity index (χ0v) is 8.59. The van der Waals surface area contributed by atoms with Crippen molar-refractivity contribution in [2.75, 3.05) is 11.9 Å². The second-order valence-electron chi connectivity index (χ2n) is 3.09. The summed E-state index contributed by atoms with van der Waals surface area (Å²) in [7, 11) is 0. The van der Waals surface area contributed by atoms with Crippen molar-refractivity contribution in [1.29, 1.82) is 0 Å².